The van der Waals surface area contributed by atoms with Crippen molar-refractivity contribution in [1.29, 1.82) is 0 Å². The molecule has 3 heteroatoms. The summed E-state index contributed by atoms with van der Waals surface area (Å²) in [5, 5.41) is 8.76. The molecule has 0 fully saturated rings. The molecule has 1 aliphatic rings. The summed E-state index contributed by atoms with van der Waals surface area (Å²) in [6, 6.07) is 8.64. The highest BCUT2D eigenvalue weighted by atomic mass is 15.3. The monoisotopic (exact) mass is 241 g/mol. The van der Waals surface area contributed by atoms with Crippen molar-refractivity contribution in [3.05, 3.63) is 47.0 Å². The Labute approximate surface area is 108 Å². The zero-order valence-corrected chi connectivity index (χ0v) is 11.1. The number of fused-ring (bicyclic) bond motifs is 1. The number of aryl methyl sites for hydroxylation is 1. The van der Waals surface area contributed by atoms with Gasteiger partial charge in [-0.1, -0.05) is 36.8 Å². The molecule has 0 N–H and O–H groups in total. The van der Waals surface area contributed by atoms with E-state index in [-0.39, 0.29) is 0 Å². The number of rotatable bonds is 2. The second-order valence-electron chi connectivity index (χ2n) is 5.34. The Morgan fingerprint density at radius 2 is 2.22 bits per heavy atom. The molecule has 0 amide bonds. The molecule has 3 nitrogen and oxygen atoms in total. The van der Waals surface area contributed by atoms with E-state index in [0.717, 1.165) is 18.8 Å². The van der Waals surface area contributed by atoms with Gasteiger partial charge in [-0.2, -0.15) is 0 Å². The Balaban J connectivity index is 1.90. The maximum atomic E-state index is 4.39. The Morgan fingerprint density at radius 1 is 1.33 bits per heavy atom. The van der Waals surface area contributed by atoms with Crippen LogP contribution in [0.1, 0.15) is 48.5 Å². The lowest BCUT2D eigenvalue weighted by Gasteiger charge is -2.20. The largest absolute Gasteiger partial charge is 0.314 e. The minimum atomic E-state index is 0.553. The number of hydrogen-bond acceptors (Lipinski definition) is 2. The third-order valence-corrected chi connectivity index (χ3v) is 3.76. The average Bonchev–Trinajstić information content (AvgIpc) is 2.74. The van der Waals surface area contributed by atoms with Gasteiger partial charge in [0.2, 0.25) is 0 Å². The van der Waals surface area contributed by atoms with Gasteiger partial charge in [-0.15, -0.1) is 10.2 Å². The van der Waals surface area contributed by atoms with Crippen molar-refractivity contribution in [1.82, 2.24) is 14.8 Å². The van der Waals surface area contributed by atoms with Crippen LogP contribution in [0.3, 0.4) is 0 Å². The third-order valence-electron chi connectivity index (χ3n) is 3.76. The van der Waals surface area contributed by atoms with E-state index in [4.69, 9.17) is 0 Å². The van der Waals surface area contributed by atoms with Crippen molar-refractivity contribution in [3.63, 3.8) is 0 Å². The van der Waals surface area contributed by atoms with Gasteiger partial charge in [0, 0.05) is 18.9 Å². The van der Waals surface area contributed by atoms with Crippen LogP contribution in [0.2, 0.25) is 0 Å². The molecule has 0 saturated heterocycles. The number of aromatic nitrogens is 3. The molecule has 1 aromatic heterocycles. The first-order chi connectivity index (χ1) is 8.74. The maximum absolute atomic E-state index is 4.39. The summed E-state index contributed by atoms with van der Waals surface area (Å²) >= 11 is 0. The van der Waals surface area contributed by atoms with Crippen LogP contribution in [0.5, 0.6) is 0 Å². The number of hydrogen-bond donors (Lipinski definition) is 0. The van der Waals surface area contributed by atoms with Crippen LogP contribution in [0.4, 0.5) is 0 Å². The highest BCUT2D eigenvalue weighted by molar-refractivity contribution is 5.25. The van der Waals surface area contributed by atoms with Crippen LogP contribution in [0.25, 0.3) is 0 Å². The SMILES string of the molecule is Cc1cccc(Cc2nnc3n2CCCC3C)c1. The fourth-order valence-corrected chi connectivity index (χ4v) is 2.78. The standard InChI is InChI=1S/C15H19N3/c1-11-5-3-7-13(9-11)10-14-16-17-15-12(2)6-4-8-18(14)15/h3,5,7,9,12H,4,6,8,10H2,1-2H3. The minimum Gasteiger partial charge on any atom is -0.314 e. The van der Waals surface area contributed by atoms with E-state index in [1.807, 2.05) is 0 Å². The molecule has 2 aromatic rings. The number of nitrogens with zero attached hydrogens (tertiary/aromatic N) is 3. The van der Waals surface area contributed by atoms with Gasteiger partial charge in [-0.3, -0.25) is 0 Å². The predicted octanol–water partition coefficient (Wildman–Crippen LogP) is 3.07. The van der Waals surface area contributed by atoms with Crippen LogP contribution in [-0.4, -0.2) is 14.8 Å². The first kappa shape index (κ1) is 11.5. The molecule has 3 rings (SSSR count). The number of benzene rings is 1. The van der Waals surface area contributed by atoms with Gasteiger partial charge in [0.25, 0.3) is 0 Å². The summed E-state index contributed by atoms with van der Waals surface area (Å²) in [6.45, 7) is 5.45. The van der Waals surface area contributed by atoms with E-state index in [1.165, 1.54) is 29.8 Å². The molecular formula is C15H19N3. The van der Waals surface area contributed by atoms with Gasteiger partial charge < -0.3 is 4.57 Å². The van der Waals surface area contributed by atoms with Crippen molar-refractivity contribution >= 4 is 0 Å². The Kier molecular flexibility index (Phi) is 2.90. The first-order valence-electron chi connectivity index (χ1n) is 6.71. The van der Waals surface area contributed by atoms with E-state index >= 15 is 0 Å². The fourth-order valence-electron chi connectivity index (χ4n) is 2.78. The second kappa shape index (κ2) is 4.56. The Bertz CT molecular complexity index is 557. The Hall–Kier alpha value is -1.64. The summed E-state index contributed by atoms with van der Waals surface area (Å²) in [6.07, 6.45) is 3.37. The smallest absolute Gasteiger partial charge is 0.137 e. The molecule has 0 radical (unpaired) electrons. The van der Waals surface area contributed by atoms with Gasteiger partial charge >= 0.3 is 0 Å². The molecule has 1 atom stereocenters. The van der Waals surface area contributed by atoms with Crippen molar-refractivity contribution in [3.8, 4) is 0 Å². The van der Waals surface area contributed by atoms with Crippen molar-refractivity contribution < 1.29 is 0 Å². The summed E-state index contributed by atoms with van der Waals surface area (Å²) < 4.78 is 2.32. The minimum absolute atomic E-state index is 0.553. The predicted molar refractivity (Wildman–Crippen MR) is 71.7 cm³/mol. The van der Waals surface area contributed by atoms with Crippen molar-refractivity contribution in [2.75, 3.05) is 0 Å². The molecule has 1 aliphatic heterocycles. The summed E-state index contributed by atoms with van der Waals surface area (Å²) in [5.74, 6) is 2.84. The molecule has 0 spiro atoms. The molecule has 1 unspecified atom stereocenters. The lowest BCUT2D eigenvalue weighted by atomic mass is 10.0. The molecule has 1 aromatic carbocycles. The summed E-state index contributed by atoms with van der Waals surface area (Å²) in [7, 11) is 0. The van der Waals surface area contributed by atoms with Gasteiger partial charge in [0.1, 0.15) is 11.6 Å². The zero-order chi connectivity index (χ0) is 12.5. The highest BCUT2D eigenvalue weighted by Crippen LogP contribution is 2.26. The Morgan fingerprint density at radius 3 is 3.06 bits per heavy atom. The fraction of sp³-hybridized carbons (Fsp3) is 0.467. The first-order valence-corrected chi connectivity index (χ1v) is 6.71. The zero-order valence-electron chi connectivity index (χ0n) is 11.1. The highest BCUT2D eigenvalue weighted by Gasteiger charge is 2.21. The molecule has 0 aliphatic carbocycles. The summed E-state index contributed by atoms with van der Waals surface area (Å²) in [5.41, 5.74) is 2.63. The van der Waals surface area contributed by atoms with Crippen LogP contribution < -0.4 is 0 Å². The van der Waals surface area contributed by atoms with Crippen molar-refractivity contribution in [2.45, 2.75) is 45.6 Å². The normalized spacial score (nSPS) is 18.7. The van der Waals surface area contributed by atoms with E-state index in [2.05, 4.69) is 52.9 Å². The van der Waals surface area contributed by atoms with E-state index < -0.39 is 0 Å². The topological polar surface area (TPSA) is 30.7 Å². The molecule has 94 valence electrons. The molecular weight excluding hydrogens is 222 g/mol. The lowest BCUT2D eigenvalue weighted by molar-refractivity contribution is 0.456. The second-order valence-corrected chi connectivity index (χ2v) is 5.34. The van der Waals surface area contributed by atoms with Crippen LogP contribution in [0.15, 0.2) is 24.3 Å². The third kappa shape index (κ3) is 2.05. The molecule has 18 heavy (non-hydrogen) atoms. The van der Waals surface area contributed by atoms with E-state index in [9.17, 15) is 0 Å². The van der Waals surface area contributed by atoms with Gasteiger partial charge in [0.05, 0.1) is 0 Å². The van der Waals surface area contributed by atoms with Crippen LogP contribution >= 0.6 is 0 Å². The lowest BCUT2D eigenvalue weighted by Crippen LogP contribution is -2.16. The molecule has 0 saturated carbocycles. The quantitative estimate of drug-likeness (QED) is 0.809. The molecule has 0 bridgehead atoms. The van der Waals surface area contributed by atoms with E-state index in [0.29, 0.717) is 5.92 Å². The summed E-state index contributed by atoms with van der Waals surface area (Å²) in [4.78, 5) is 0. The van der Waals surface area contributed by atoms with Crippen LogP contribution in [-0.2, 0) is 13.0 Å². The molecule has 2 heterocycles. The van der Waals surface area contributed by atoms with Gasteiger partial charge in [-0.25, -0.2) is 0 Å². The van der Waals surface area contributed by atoms with Gasteiger partial charge in [-0.05, 0) is 25.3 Å². The van der Waals surface area contributed by atoms with Crippen LogP contribution in [0, 0.1) is 6.92 Å². The average molecular weight is 241 g/mol. The van der Waals surface area contributed by atoms with Gasteiger partial charge in [0.15, 0.2) is 0 Å². The van der Waals surface area contributed by atoms with E-state index in [1.54, 1.807) is 0 Å². The maximum Gasteiger partial charge on any atom is 0.137 e. The van der Waals surface area contributed by atoms with Crippen molar-refractivity contribution in [2.24, 2.45) is 0 Å².